The van der Waals surface area contributed by atoms with Gasteiger partial charge in [-0.25, -0.2) is 9.97 Å². The number of anilines is 1. The first-order chi connectivity index (χ1) is 7.56. The Balaban J connectivity index is 2.34. The molecule has 2 rings (SSSR count). The van der Waals surface area contributed by atoms with Crippen LogP contribution in [-0.4, -0.2) is 19.7 Å². The van der Waals surface area contributed by atoms with E-state index >= 15 is 0 Å². The molecule has 0 fully saturated rings. The van der Waals surface area contributed by atoms with E-state index < -0.39 is 0 Å². The zero-order chi connectivity index (χ0) is 11.7. The highest BCUT2D eigenvalue weighted by molar-refractivity contribution is 7.99. The summed E-state index contributed by atoms with van der Waals surface area (Å²) in [5.41, 5.74) is 6.71. The highest BCUT2D eigenvalue weighted by Crippen LogP contribution is 2.29. The molecule has 2 aromatic rings. The van der Waals surface area contributed by atoms with Gasteiger partial charge in [-0.2, -0.15) is 5.10 Å². The molecule has 16 heavy (non-hydrogen) atoms. The summed E-state index contributed by atoms with van der Waals surface area (Å²) >= 11 is 1.55. The molecule has 0 amide bonds. The zero-order valence-corrected chi connectivity index (χ0v) is 10.2. The average Bonchev–Trinajstić information content (AvgIpc) is 2.60. The number of nitrogens with zero attached hydrogens (tertiary/aromatic N) is 4. The second kappa shape index (κ2) is 4.13. The Kier molecular flexibility index (Phi) is 2.82. The molecular formula is C10H13N5S. The maximum atomic E-state index is 5.80. The fraction of sp³-hybridized carbons (Fsp3) is 0.300. The third kappa shape index (κ3) is 2.16. The maximum Gasteiger partial charge on any atom is 0.131 e. The number of hydrogen-bond donors (Lipinski definition) is 1. The molecule has 0 bridgehead atoms. The lowest BCUT2D eigenvalue weighted by Gasteiger charge is -2.06. The van der Waals surface area contributed by atoms with Crippen LogP contribution in [0.4, 0.5) is 5.82 Å². The van der Waals surface area contributed by atoms with E-state index in [9.17, 15) is 0 Å². The highest BCUT2D eigenvalue weighted by atomic mass is 32.2. The van der Waals surface area contributed by atoms with Crippen molar-refractivity contribution in [3.05, 3.63) is 23.8 Å². The topological polar surface area (TPSA) is 69.6 Å². The second-order valence-corrected chi connectivity index (χ2v) is 4.60. The quantitative estimate of drug-likeness (QED) is 0.800. The summed E-state index contributed by atoms with van der Waals surface area (Å²) in [6, 6.07) is 0. The lowest BCUT2D eigenvalue weighted by Crippen LogP contribution is -2.01. The van der Waals surface area contributed by atoms with Gasteiger partial charge in [-0.15, -0.1) is 0 Å². The minimum absolute atomic E-state index is 0.541. The van der Waals surface area contributed by atoms with Crippen LogP contribution >= 0.6 is 11.8 Å². The Bertz CT molecular complexity index is 520. The van der Waals surface area contributed by atoms with Crippen molar-refractivity contribution in [3.63, 3.8) is 0 Å². The molecular weight excluding hydrogens is 222 g/mol. The first-order valence-corrected chi connectivity index (χ1v) is 5.65. The highest BCUT2D eigenvalue weighted by Gasteiger charge is 2.09. The first-order valence-electron chi connectivity index (χ1n) is 4.83. The van der Waals surface area contributed by atoms with E-state index in [2.05, 4.69) is 15.1 Å². The zero-order valence-electron chi connectivity index (χ0n) is 9.43. The van der Waals surface area contributed by atoms with Gasteiger partial charge in [-0.1, -0.05) is 11.8 Å². The molecule has 84 valence electrons. The Labute approximate surface area is 98.1 Å². The number of hydrogen-bond acceptors (Lipinski definition) is 5. The second-order valence-electron chi connectivity index (χ2n) is 3.54. The summed E-state index contributed by atoms with van der Waals surface area (Å²) in [5, 5.41) is 5.00. The molecule has 5 nitrogen and oxygen atoms in total. The third-order valence-electron chi connectivity index (χ3n) is 2.15. The maximum absolute atomic E-state index is 5.80. The summed E-state index contributed by atoms with van der Waals surface area (Å²) in [7, 11) is 1.89. The smallest absolute Gasteiger partial charge is 0.131 e. The average molecular weight is 235 g/mol. The van der Waals surface area contributed by atoms with Gasteiger partial charge in [0.05, 0.1) is 11.1 Å². The van der Waals surface area contributed by atoms with Crippen LogP contribution in [0.3, 0.4) is 0 Å². The van der Waals surface area contributed by atoms with Gasteiger partial charge in [0, 0.05) is 18.8 Å². The molecule has 0 aliphatic heterocycles. The van der Waals surface area contributed by atoms with Gasteiger partial charge in [0.1, 0.15) is 16.7 Å². The molecule has 0 aliphatic rings. The van der Waals surface area contributed by atoms with Gasteiger partial charge in [0.15, 0.2) is 0 Å². The van der Waals surface area contributed by atoms with Gasteiger partial charge in [-0.3, -0.25) is 4.68 Å². The van der Waals surface area contributed by atoms with Crippen molar-refractivity contribution in [1.82, 2.24) is 19.7 Å². The minimum Gasteiger partial charge on any atom is -0.383 e. The lowest BCUT2D eigenvalue weighted by atomic mass is 10.3. The van der Waals surface area contributed by atoms with E-state index in [4.69, 9.17) is 5.73 Å². The van der Waals surface area contributed by atoms with Crippen molar-refractivity contribution >= 4 is 17.6 Å². The molecule has 2 heterocycles. The van der Waals surface area contributed by atoms with E-state index in [1.165, 1.54) is 0 Å². The largest absolute Gasteiger partial charge is 0.383 e. The molecule has 6 heteroatoms. The van der Waals surface area contributed by atoms with Gasteiger partial charge < -0.3 is 5.73 Å². The normalized spacial score (nSPS) is 10.7. The molecule has 0 atom stereocenters. The van der Waals surface area contributed by atoms with Gasteiger partial charge in [0.2, 0.25) is 0 Å². The van der Waals surface area contributed by atoms with Gasteiger partial charge in [0.25, 0.3) is 0 Å². The van der Waals surface area contributed by atoms with E-state index in [-0.39, 0.29) is 0 Å². The molecule has 2 aromatic heterocycles. The van der Waals surface area contributed by atoms with Crippen molar-refractivity contribution in [3.8, 4) is 0 Å². The monoisotopic (exact) mass is 235 g/mol. The lowest BCUT2D eigenvalue weighted by molar-refractivity contribution is 0.766. The van der Waals surface area contributed by atoms with Crippen LogP contribution < -0.4 is 5.73 Å². The van der Waals surface area contributed by atoms with Crippen molar-refractivity contribution in [2.75, 3.05) is 5.73 Å². The van der Waals surface area contributed by atoms with Gasteiger partial charge >= 0.3 is 0 Å². The van der Waals surface area contributed by atoms with E-state index in [1.807, 2.05) is 27.1 Å². The summed E-state index contributed by atoms with van der Waals surface area (Å²) < 4.78 is 1.76. The van der Waals surface area contributed by atoms with Crippen molar-refractivity contribution < 1.29 is 0 Å². The minimum atomic E-state index is 0.541. The summed E-state index contributed by atoms with van der Waals surface area (Å²) in [4.78, 5) is 9.53. The van der Waals surface area contributed by atoms with Crippen molar-refractivity contribution in [2.45, 2.75) is 23.8 Å². The van der Waals surface area contributed by atoms with Crippen molar-refractivity contribution in [1.29, 1.82) is 0 Å². The number of aryl methyl sites for hydroxylation is 2. The standard InChI is InChI=1S/C10H13N5S/c1-6-9(11)13-7(2)14-10(6)16-8-4-12-15(3)5-8/h4-5H,1-3H3,(H2,11,13,14). The molecule has 0 saturated carbocycles. The third-order valence-corrected chi connectivity index (χ3v) is 3.18. The Morgan fingerprint density at radius 3 is 2.69 bits per heavy atom. The number of rotatable bonds is 2. The summed E-state index contributed by atoms with van der Waals surface area (Å²) in [6.45, 7) is 3.76. The van der Waals surface area contributed by atoms with Gasteiger partial charge in [-0.05, 0) is 13.8 Å². The van der Waals surface area contributed by atoms with Crippen LogP contribution in [0, 0.1) is 13.8 Å². The Morgan fingerprint density at radius 1 is 1.31 bits per heavy atom. The molecule has 0 radical (unpaired) electrons. The molecule has 0 spiro atoms. The van der Waals surface area contributed by atoms with E-state index in [0.29, 0.717) is 11.6 Å². The van der Waals surface area contributed by atoms with Crippen LogP contribution in [-0.2, 0) is 7.05 Å². The summed E-state index contributed by atoms with van der Waals surface area (Å²) in [6.07, 6.45) is 3.75. The van der Waals surface area contributed by atoms with Crippen molar-refractivity contribution in [2.24, 2.45) is 7.05 Å². The SMILES string of the molecule is Cc1nc(N)c(C)c(Sc2cnn(C)c2)n1. The number of nitrogens with two attached hydrogens (primary N) is 1. The Hall–Kier alpha value is -1.56. The molecule has 0 aromatic carbocycles. The predicted octanol–water partition coefficient (Wildman–Crippen LogP) is 1.56. The fourth-order valence-electron chi connectivity index (χ4n) is 1.29. The van der Waals surface area contributed by atoms with E-state index in [1.54, 1.807) is 22.6 Å². The Morgan fingerprint density at radius 2 is 2.06 bits per heavy atom. The molecule has 2 N–H and O–H groups in total. The van der Waals surface area contributed by atoms with Crippen LogP contribution in [0.1, 0.15) is 11.4 Å². The predicted molar refractivity (Wildman–Crippen MR) is 63.2 cm³/mol. The van der Waals surface area contributed by atoms with Crippen LogP contribution in [0.5, 0.6) is 0 Å². The van der Waals surface area contributed by atoms with E-state index in [0.717, 1.165) is 15.5 Å². The molecule has 0 saturated heterocycles. The number of aromatic nitrogens is 4. The number of nitrogen functional groups attached to an aromatic ring is 1. The first kappa shape index (κ1) is 10.9. The molecule has 0 aliphatic carbocycles. The van der Waals surface area contributed by atoms with Crippen LogP contribution in [0.25, 0.3) is 0 Å². The molecule has 0 unspecified atom stereocenters. The van der Waals surface area contributed by atoms with Crippen LogP contribution in [0.2, 0.25) is 0 Å². The summed E-state index contributed by atoms with van der Waals surface area (Å²) in [5.74, 6) is 1.23. The fourth-order valence-corrected chi connectivity index (χ4v) is 2.25. The van der Waals surface area contributed by atoms with Crippen LogP contribution in [0.15, 0.2) is 22.3 Å².